The predicted octanol–water partition coefficient (Wildman–Crippen LogP) is 7.76. The van der Waals surface area contributed by atoms with Gasteiger partial charge in [-0.3, -0.25) is 28.9 Å². The molecule has 3 heterocycles. The minimum Gasteiger partial charge on any atom is -0.504 e. The number of piperidine rings is 1. The Morgan fingerprint density at radius 2 is 1.43 bits per heavy atom. The summed E-state index contributed by atoms with van der Waals surface area (Å²) < 4.78 is 48.0. The van der Waals surface area contributed by atoms with Crippen molar-refractivity contribution >= 4 is 35.2 Å². The van der Waals surface area contributed by atoms with E-state index in [0.717, 1.165) is 92.8 Å². The summed E-state index contributed by atoms with van der Waals surface area (Å²) in [5, 5.41) is 47.4. The monoisotopic (exact) mass is 1200 g/mol. The molecule has 1 saturated heterocycles. The molecule has 21 heteroatoms. The van der Waals surface area contributed by atoms with Gasteiger partial charge in [-0.1, -0.05) is 51.3 Å². The first kappa shape index (κ1) is 61.9. The van der Waals surface area contributed by atoms with E-state index >= 15 is 0 Å². The molecule has 5 saturated carbocycles. The summed E-state index contributed by atoms with van der Waals surface area (Å²) in [5.41, 5.74) is 1.64. The van der Waals surface area contributed by atoms with Crippen LogP contribution in [-0.2, 0) is 45.3 Å². The number of aliphatic hydroxyl groups is 1. The Bertz CT molecular complexity index is 2900. The molecule has 7 N–H and O–H groups in total. The zero-order valence-electron chi connectivity index (χ0n) is 50.5. The second-order valence-corrected chi connectivity index (χ2v) is 26.9. The summed E-state index contributed by atoms with van der Waals surface area (Å²) in [7, 11) is 0. The zero-order valence-corrected chi connectivity index (χ0v) is 50.5. The van der Waals surface area contributed by atoms with Crippen molar-refractivity contribution in [2.45, 2.75) is 209 Å². The third-order valence-electron chi connectivity index (χ3n) is 20.9. The quantitative estimate of drug-likeness (QED) is 0.0344. The topological polar surface area (TPSA) is 248 Å². The number of carbonyl (C=O) groups is 5. The zero-order chi connectivity index (χ0) is 60.3. The summed E-state index contributed by atoms with van der Waals surface area (Å²) in [6, 6.07) is 10.6. The minimum atomic E-state index is -2.73. The van der Waals surface area contributed by atoms with Crippen LogP contribution in [0.1, 0.15) is 189 Å². The lowest BCUT2D eigenvalue weighted by molar-refractivity contribution is -0.192. The van der Waals surface area contributed by atoms with Gasteiger partial charge in [-0.2, -0.15) is 0 Å². The highest BCUT2D eigenvalue weighted by Gasteiger charge is 2.73. The number of anilines is 1. The van der Waals surface area contributed by atoms with Crippen molar-refractivity contribution in [3.8, 4) is 11.5 Å². The van der Waals surface area contributed by atoms with E-state index in [1.807, 2.05) is 25.1 Å². The van der Waals surface area contributed by atoms with Crippen molar-refractivity contribution in [1.82, 2.24) is 40.9 Å². The number of likely N-dealkylation sites (tertiary alicyclic amines) is 1. The lowest BCUT2D eigenvalue weighted by atomic mass is 9.48. The second kappa shape index (κ2) is 26.5. The number of aryl methyl sites for hydroxylation is 1. The van der Waals surface area contributed by atoms with Crippen molar-refractivity contribution in [2.24, 2.45) is 29.6 Å². The number of benzene rings is 2. The number of unbranched alkanes of at least 4 members (excludes halogenated alkanes) is 4. The lowest BCUT2D eigenvalue weighted by Crippen LogP contribution is -2.78. The van der Waals surface area contributed by atoms with E-state index in [2.05, 4.69) is 60.1 Å². The highest BCUT2D eigenvalue weighted by atomic mass is 19.3. The van der Waals surface area contributed by atoms with Gasteiger partial charge in [0.1, 0.15) is 44.2 Å². The van der Waals surface area contributed by atoms with Gasteiger partial charge < -0.3 is 55.6 Å². The van der Waals surface area contributed by atoms with E-state index in [1.54, 1.807) is 18.2 Å². The highest BCUT2D eigenvalue weighted by molar-refractivity contribution is 5.92. The number of halogens is 2. The lowest BCUT2D eigenvalue weighted by Gasteiger charge is -2.64. The van der Waals surface area contributed by atoms with Crippen molar-refractivity contribution < 1.29 is 57.2 Å². The normalized spacial score (nSPS) is 28.3. The fraction of sp³-hybridized carbons (Fsp3) is 0.708. The van der Waals surface area contributed by atoms with Gasteiger partial charge in [-0.05, 0) is 169 Å². The number of hydrogen-bond acceptors (Lipinski definition) is 13. The Kier molecular flexibility index (Phi) is 19.1. The fourth-order valence-electron chi connectivity index (χ4n) is 16.5. The number of aromatic hydroxyl groups is 1. The molecule has 0 radical (unpaired) electrons. The van der Waals surface area contributed by atoms with Gasteiger partial charge >= 0.3 is 0 Å². The summed E-state index contributed by atoms with van der Waals surface area (Å²) in [6.45, 7) is 7.94. The van der Waals surface area contributed by atoms with Crippen molar-refractivity contribution in [2.75, 3.05) is 57.9 Å². The average molecular weight is 1200 g/mol. The first-order valence-electron chi connectivity index (χ1n) is 32.4. The number of hydrogen-bond donors (Lipinski definition) is 7. The second-order valence-electron chi connectivity index (χ2n) is 26.9. The van der Waals surface area contributed by atoms with Crippen LogP contribution in [0.2, 0.25) is 0 Å². The van der Waals surface area contributed by atoms with Gasteiger partial charge in [-0.25, -0.2) is 8.78 Å². The highest BCUT2D eigenvalue weighted by Crippen LogP contribution is 2.66. The Morgan fingerprint density at radius 1 is 0.779 bits per heavy atom. The van der Waals surface area contributed by atoms with Crippen LogP contribution in [0.15, 0.2) is 36.4 Å². The number of rotatable bonds is 28. The van der Waals surface area contributed by atoms with Gasteiger partial charge in [0, 0.05) is 67.6 Å². The van der Waals surface area contributed by atoms with Crippen LogP contribution in [-0.4, -0.2) is 142 Å². The van der Waals surface area contributed by atoms with Gasteiger partial charge in [0.2, 0.25) is 35.5 Å². The third-order valence-corrected chi connectivity index (χ3v) is 20.9. The molecule has 470 valence electrons. The fourth-order valence-corrected chi connectivity index (χ4v) is 16.5. The number of phenolic OH excluding ortho intramolecular Hbond substituents is 1. The van der Waals surface area contributed by atoms with Crippen molar-refractivity contribution in [1.29, 1.82) is 0 Å². The molecule has 5 amide bonds. The first-order valence-corrected chi connectivity index (χ1v) is 32.4. The van der Waals surface area contributed by atoms with Crippen LogP contribution in [0, 0.1) is 36.5 Å². The molecule has 2 unspecified atom stereocenters. The maximum atomic E-state index is 14.1. The third kappa shape index (κ3) is 13.5. The molecule has 1 aromatic heterocycles. The van der Waals surface area contributed by atoms with Crippen molar-refractivity contribution in [3.05, 3.63) is 64.7 Å². The molecule has 6 aliphatic carbocycles. The predicted molar refractivity (Wildman–Crippen MR) is 316 cm³/mol. The number of carbonyl (C=O) groups excluding carboxylic acids is 5. The van der Waals surface area contributed by atoms with Crippen LogP contribution < -0.4 is 31.3 Å². The maximum Gasteiger partial charge on any atom is 0.250 e. The number of aromatic nitrogens is 3. The van der Waals surface area contributed by atoms with Crippen molar-refractivity contribution in [3.63, 3.8) is 0 Å². The van der Waals surface area contributed by atoms with E-state index in [4.69, 9.17) is 14.2 Å². The molecule has 86 heavy (non-hydrogen) atoms. The molecule has 3 aromatic rings. The summed E-state index contributed by atoms with van der Waals surface area (Å²) >= 11 is 0. The van der Waals surface area contributed by atoms with Gasteiger partial charge in [0.05, 0.1) is 23.1 Å². The molecule has 2 aliphatic heterocycles. The summed E-state index contributed by atoms with van der Waals surface area (Å²) in [5.74, 6) is 0.319. The number of phenols is 1. The van der Waals surface area contributed by atoms with Gasteiger partial charge in [-0.15, -0.1) is 10.2 Å². The molecular formula is C65H91F2N9O10. The number of nitrogens with one attached hydrogen (secondary N) is 5. The van der Waals surface area contributed by atoms with E-state index < -0.39 is 40.9 Å². The van der Waals surface area contributed by atoms with Crippen LogP contribution >= 0.6 is 0 Å². The van der Waals surface area contributed by atoms with Crippen LogP contribution in [0.3, 0.4) is 0 Å². The molecule has 6 fully saturated rings. The minimum absolute atomic E-state index is 0.0528. The number of nitrogens with zero attached hydrogens (tertiary/aromatic N) is 4. The Balaban J connectivity index is 0.540. The Labute approximate surface area is 504 Å². The van der Waals surface area contributed by atoms with E-state index in [1.165, 1.54) is 25.7 Å². The van der Waals surface area contributed by atoms with Crippen LogP contribution in [0.4, 0.5) is 14.5 Å². The first-order chi connectivity index (χ1) is 41.4. The van der Waals surface area contributed by atoms with E-state index in [9.17, 15) is 43.0 Å². The summed E-state index contributed by atoms with van der Waals surface area (Å²) in [4.78, 5) is 67.3. The number of ether oxygens (including phenoxy) is 3. The number of amides is 5. The molecular weight excluding hydrogens is 1100 g/mol. The molecule has 4 bridgehead atoms. The summed E-state index contributed by atoms with van der Waals surface area (Å²) in [6.07, 6.45) is 14.4. The van der Waals surface area contributed by atoms with E-state index in [0.29, 0.717) is 86.3 Å². The Morgan fingerprint density at radius 3 is 2.09 bits per heavy atom. The number of alkyl halides is 2. The Hall–Kier alpha value is -5.77. The molecule has 1 spiro atoms. The van der Waals surface area contributed by atoms with Gasteiger partial charge in [0.25, 0.3) is 0 Å². The smallest absolute Gasteiger partial charge is 0.250 e. The molecule has 2 aromatic carbocycles. The largest absolute Gasteiger partial charge is 0.504 e. The standard InChI is InChI=1S/C65H91F2N9O10/c1-39(2)61-74-73-40(3)76(61)48-31-44-11-12-45(32-48)49(44)18-19-50(72-62(82)43-21-24-63(66,67)25-22-43)42-13-16-47(17-14-42)70-56(80)37-84-35-54(78)68-28-7-5-4-6-8-29-69-55(79)36-85-38-57(81)71-51-23-26-65(83)53-33-46-15-20-52(77)59-58(46)64(65,60(51)86-59)27-30-75(53)34-41-9-10-41/h13-17,20,39,41,43-45,48-51,53,60,77,83H,4-12,18-19,21-38H2,1-3H3,(H,68,78)(H,69,79)(H,70,80)(H,71,81)(H,72,82)/t44?,45?,48?,49?,50-,51+,53+,60-,64-,65+/m0/s1. The van der Waals surface area contributed by atoms with E-state index in [-0.39, 0.29) is 99.5 Å². The van der Waals surface area contributed by atoms with Crippen LogP contribution in [0.25, 0.3) is 0 Å². The maximum absolute atomic E-state index is 14.1. The molecule has 19 nitrogen and oxygen atoms in total. The van der Waals surface area contributed by atoms with Gasteiger partial charge in [0.15, 0.2) is 11.5 Å². The molecule has 11 rings (SSSR count). The average Bonchev–Trinajstić information content (AvgIpc) is 1.38. The molecule has 8 atom stereocenters. The molecule has 8 aliphatic rings. The SMILES string of the molecule is Cc1nnc(C(C)C)n1C1CC2CCC(C1)C2CC[C@H](NC(=O)C1CCC(F)(F)CC1)c1ccc(NC(=O)COCC(=O)NCCCCCCCNC(=O)COCC(=O)N[C@@H]2CC[C@@]3(O)[C@H]4Cc5ccc(O)c6c5[C@@]3(CCN4CC3CC3)[C@H]2O6)cc1. The van der Waals surface area contributed by atoms with Crippen LogP contribution in [0.5, 0.6) is 11.5 Å². The number of fused-ring (bicyclic) bond motifs is 2.